The van der Waals surface area contributed by atoms with Crippen molar-refractivity contribution < 1.29 is 4.79 Å². The lowest BCUT2D eigenvalue weighted by Crippen LogP contribution is -2.28. The third-order valence-electron chi connectivity index (χ3n) is 4.29. The first-order valence-corrected chi connectivity index (χ1v) is 6.80. The van der Waals surface area contributed by atoms with Gasteiger partial charge in [-0.1, -0.05) is 50.6 Å². The zero-order chi connectivity index (χ0) is 12.3. The van der Waals surface area contributed by atoms with Crippen molar-refractivity contribution in [3.8, 4) is 0 Å². The summed E-state index contributed by atoms with van der Waals surface area (Å²) in [7, 11) is 0. The second kappa shape index (κ2) is 5.48. The van der Waals surface area contributed by atoms with Crippen molar-refractivity contribution in [2.45, 2.75) is 45.4 Å². The summed E-state index contributed by atoms with van der Waals surface area (Å²) in [5.41, 5.74) is 1.41. The van der Waals surface area contributed by atoms with Crippen LogP contribution < -0.4 is 0 Å². The van der Waals surface area contributed by atoms with Crippen LogP contribution in [0.15, 0.2) is 30.3 Å². The number of hydrogen-bond acceptors (Lipinski definition) is 1. The molecular formula is C16H22O. The van der Waals surface area contributed by atoms with Crippen LogP contribution in [-0.4, -0.2) is 5.78 Å². The molecule has 0 saturated heterocycles. The minimum atomic E-state index is 0.291. The van der Waals surface area contributed by atoms with Crippen LogP contribution in [0, 0.1) is 11.8 Å². The molecule has 1 aliphatic carbocycles. The fraction of sp³-hybridized carbons (Fsp3) is 0.562. The molecule has 0 radical (unpaired) electrons. The summed E-state index contributed by atoms with van der Waals surface area (Å²) in [6.07, 6.45) is 3.97. The van der Waals surface area contributed by atoms with Crippen LogP contribution in [0.5, 0.6) is 0 Å². The first kappa shape index (κ1) is 12.3. The van der Waals surface area contributed by atoms with Gasteiger partial charge in [-0.2, -0.15) is 0 Å². The standard InChI is InChI=1S/C16H22O/c1-3-12(2)15-11-14(9-10-16(15)17)13-7-5-4-6-8-13/h4-8,12,14-15H,3,9-11H2,1-2H3. The Bertz CT molecular complexity index is 368. The minimum Gasteiger partial charge on any atom is -0.299 e. The van der Waals surface area contributed by atoms with Gasteiger partial charge < -0.3 is 0 Å². The van der Waals surface area contributed by atoms with Crippen molar-refractivity contribution in [2.75, 3.05) is 0 Å². The molecule has 1 saturated carbocycles. The summed E-state index contributed by atoms with van der Waals surface area (Å²) in [6, 6.07) is 10.7. The molecule has 1 nitrogen and oxygen atoms in total. The highest BCUT2D eigenvalue weighted by molar-refractivity contribution is 5.82. The molecule has 1 aliphatic rings. The van der Waals surface area contributed by atoms with Crippen molar-refractivity contribution in [1.29, 1.82) is 0 Å². The summed E-state index contributed by atoms with van der Waals surface area (Å²) in [5.74, 6) is 1.91. The molecule has 0 aromatic heterocycles. The lowest BCUT2D eigenvalue weighted by atomic mass is 9.72. The lowest BCUT2D eigenvalue weighted by molar-refractivity contribution is -0.126. The van der Waals surface area contributed by atoms with E-state index in [9.17, 15) is 4.79 Å². The fourth-order valence-corrected chi connectivity index (χ4v) is 2.92. The number of benzene rings is 1. The molecule has 0 N–H and O–H groups in total. The maximum absolute atomic E-state index is 12.0. The van der Waals surface area contributed by atoms with E-state index in [4.69, 9.17) is 0 Å². The minimum absolute atomic E-state index is 0.291. The maximum Gasteiger partial charge on any atom is 0.136 e. The van der Waals surface area contributed by atoms with Gasteiger partial charge in [-0.25, -0.2) is 0 Å². The second-order valence-corrected chi connectivity index (χ2v) is 5.34. The van der Waals surface area contributed by atoms with E-state index in [-0.39, 0.29) is 0 Å². The first-order chi connectivity index (χ1) is 8.22. The largest absolute Gasteiger partial charge is 0.299 e. The van der Waals surface area contributed by atoms with Gasteiger partial charge in [0.2, 0.25) is 0 Å². The molecule has 3 unspecified atom stereocenters. The highest BCUT2D eigenvalue weighted by atomic mass is 16.1. The van der Waals surface area contributed by atoms with E-state index < -0.39 is 0 Å². The van der Waals surface area contributed by atoms with Gasteiger partial charge in [0.25, 0.3) is 0 Å². The third kappa shape index (κ3) is 2.77. The van der Waals surface area contributed by atoms with Gasteiger partial charge in [0.05, 0.1) is 0 Å². The van der Waals surface area contributed by atoms with Crippen molar-refractivity contribution in [2.24, 2.45) is 11.8 Å². The Labute approximate surface area is 104 Å². The molecule has 0 heterocycles. The zero-order valence-electron chi connectivity index (χ0n) is 10.9. The first-order valence-electron chi connectivity index (χ1n) is 6.80. The zero-order valence-corrected chi connectivity index (χ0v) is 10.9. The number of carbonyl (C=O) groups excluding carboxylic acids is 1. The second-order valence-electron chi connectivity index (χ2n) is 5.34. The van der Waals surface area contributed by atoms with Gasteiger partial charge in [-0.15, -0.1) is 0 Å². The van der Waals surface area contributed by atoms with Crippen LogP contribution in [0.2, 0.25) is 0 Å². The highest BCUT2D eigenvalue weighted by Crippen LogP contribution is 2.38. The Morgan fingerprint density at radius 3 is 2.65 bits per heavy atom. The lowest BCUT2D eigenvalue weighted by Gasteiger charge is -2.31. The number of hydrogen-bond donors (Lipinski definition) is 0. The van der Waals surface area contributed by atoms with Crippen LogP contribution in [0.1, 0.15) is 51.0 Å². The molecule has 1 aromatic rings. The molecule has 0 bridgehead atoms. The quantitative estimate of drug-likeness (QED) is 0.761. The van der Waals surface area contributed by atoms with Crippen LogP contribution in [0.25, 0.3) is 0 Å². The van der Waals surface area contributed by atoms with Crippen molar-refractivity contribution in [1.82, 2.24) is 0 Å². The van der Waals surface area contributed by atoms with Gasteiger partial charge in [-0.05, 0) is 30.2 Å². The van der Waals surface area contributed by atoms with Gasteiger partial charge in [0.15, 0.2) is 0 Å². The van der Waals surface area contributed by atoms with Crippen molar-refractivity contribution >= 4 is 5.78 Å². The molecule has 0 aliphatic heterocycles. The molecule has 2 rings (SSSR count). The Balaban J connectivity index is 2.10. The molecule has 0 amide bonds. The molecule has 3 atom stereocenters. The summed E-state index contributed by atoms with van der Waals surface area (Å²) in [6.45, 7) is 4.40. The molecule has 1 fully saturated rings. The van der Waals surface area contributed by atoms with E-state index in [1.165, 1.54) is 5.56 Å². The van der Waals surface area contributed by atoms with E-state index in [0.29, 0.717) is 23.5 Å². The Morgan fingerprint density at radius 2 is 2.00 bits per heavy atom. The molecular weight excluding hydrogens is 208 g/mol. The monoisotopic (exact) mass is 230 g/mol. The molecule has 17 heavy (non-hydrogen) atoms. The summed E-state index contributed by atoms with van der Waals surface area (Å²) < 4.78 is 0. The topological polar surface area (TPSA) is 17.1 Å². The Morgan fingerprint density at radius 1 is 1.29 bits per heavy atom. The average Bonchev–Trinajstić information content (AvgIpc) is 2.39. The number of ketones is 1. The van der Waals surface area contributed by atoms with Crippen molar-refractivity contribution in [3.05, 3.63) is 35.9 Å². The SMILES string of the molecule is CCC(C)C1CC(c2ccccc2)CCC1=O. The molecule has 0 spiro atoms. The van der Waals surface area contributed by atoms with Gasteiger partial charge in [0.1, 0.15) is 5.78 Å². The van der Waals surface area contributed by atoms with E-state index in [0.717, 1.165) is 25.7 Å². The smallest absolute Gasteiger partial charge is 0.136 e. The molecule has 1 aromatic carbocycles. The molecule has 92 valence electrons. The van der Waals surface area contributed by atoms with Crippen LogP contribution in [0.3, 0.4) is 0 Å². The van der Waals surface area contributed by atoms with Crippen LogP contribution in [0.4, 0.5) is 0 Å². The fourth-order valence-electron chi connectivity index (χ4n) is 2.92. The van der Waals surface area contributed by atoms with E-state index in [2.05, 4.69) is 44.2 Å². The number of rotatable bonds is 3. The van der Waals surface area contributed by atoms with E-state index in [1.807, 2.05) is 0 Å². The van der Waals surface area contributed by atoms with Crippen LogP contribution in [-0.2, 0) is 4.79 Å². The summed E-state index contributed by atoms with van der Waals surface area (Å²) in [5, 5.41) is 0. The number of Topliss-reactive ketones (excluding diaryl/α,β-unsaturated/α-hetero) is 1. The predicted octanol–water partition coefficient (Wildman–Crippen LogP) is 4.19. The average molecular weight is 230 g/mol. The predicted molar refractivity (Wildman–Crippen MR) is 71.0 cm³/mol. The summed E-state index contributed by atoms with van der Waals surface area (Å²) >= 11 is 0. The Hall–Kier alpha value is -1.11. The van der Waals surface area contributed by atoms with Gasteiger partial charge in [-0.3, -0.25) is 4.79 Å². The summed E-state index contributed by atoms with van der Waals surface area (Å²) in [4.78, 5) is 12.0. The molecule has 1 heteroatoms. The van der Waals surface area contributed by atoms with E-state index >= 15 is 0 Å². The van der Waals surface area contributed by atoms with Crippen molar-refractivity contribution in [3.63, 3.8) is 0 Å². The van der Waals surface area contributed by atoms with Crippen LogP contribution >= 0.6 is 0 Å². The third-order valence-corrected chi connectivity index (χ3v) is 4.29. The van der Waals surface area contributed by atoms with E-state index in [1.54, 1.807) is 0 Å². The maximum atomic E-state index is 12.0. The highest BCUT2D eigenvalue weighted by Gasteiger charge is 2.32. The Kier molecular flexibility index (Phi) is 3.98. The van der Waals surface area contributed by atoms with Gasteiger partial charge in [0, 0.05) is 12.3 Å². The normalized spacial score (nSPS) is 26.8. The number of carbonyl (C=O) groups is 1. The van der Waals surface area contributed by atoms with Gasteiger partial charge >= 0.3 is 0 Å².